The average Bonchev–Trinajstić information content (AvgIpc) is 3.16. The second-order valence-electron chi connectivity index (χ2n) is 5.80. The van der Waals surface area contributed by atoms with Crippen LogP contribution in [0.1, 0.15) is 10.4 Å². The minimum Gasteiger partial charge on any atom is -0.496 e. The van der Waals surface area contributed by atoms with Gasteiger partial charge in [0.2, 0.25) is 6.79 Å². The average molecular weight is 347 g/mol. The van der Waals surface area contributed by atoms with Gasteiger partial charge in [0.15, 0.2) is 11.5 Å². The largest absolute Gasteiger partial charge is 0.496 e. The lowest BCUT2D eigenvalue weighted by Gasteiger charge is -2.12. The van der Waals surface area contributed by atoms with E-state index in [1.54, 1.807) is 31.4 Å². The first-order valence-corrected chi connectivity index (χ1v) is 8.19. The number of ether oxygens (including phenoxy) is 3. The fourth-order valence-electron chi connectivity index (χ4n) is 2.87. The minimum absolute atomic E-state index is 0.194. The molecule has 1 N–H and O–H groups in total. The second kappa shape index (κ2) is 6.80. The Balaban J connectivity index is 1.64. The third-order valence-electron chi connectivity index (χ3n) is 4.18. The summed E-state index contributed by atoms with van der Waals surface area (Å²) in [5.41, 5.74) is 3.08. The molecule has 3 aromatic rings. The number of hydrogen-bond acceptors (Lipinski definition) is 4. The molecule has 0 saturated heterocycles. The molecule has 130 valence electrons. The van der Waals surface area contributed by atoms with Gasteiger partial charge in [-0.25, -0.2) is 0 Å². The number of fused-ring (bicyclic) bond motifs is 1. The Bertz CT molecular complexity index is 953. The maximum absolute atomic E-state index is 12.8. The van der Waals surface area contributed by atoms with Gasteiger partial charge >= 0.3 is 0 Å². The molecular formula is C21H17NO4. The SMILES string of the molecule is COc1ccc(-c2ccccc2)cc1C(=O)Nc1ccc2c(c1)OCO2. The molecule has 1 aliphatic rings. The van der Waals surface area contributed by atoms with Crippen LogP contribution in [0.2, 0.25) is 0 Å². The van der Waals surface area contributed by atoms with Crippen LogP contribution in [0.25, 0.3) is 11.1 Å². The van der Waals surface area contributed by atoms with E-state index in [1.807, 2.05) is 42.5 Å². The van der Waals surface area contributed by atoms with Crippen LogP contribution >= 0.6 is 0 Å². The molecule has 1 amide bonds. The van der Waals surface area contributed by atoms with Crippen LogP contribution in [0.3, 0.4) is 0 Å². The van der Waals surface area contributed by atoms with Crippen molar-refractivity contribution in [1.29, 1.82) is 0 Å². The van der Waals surface area contributed by atoms with Gasteiger partial charge in [-0.05, 0) is 35.4 Å². The predicted molar refractivity (Wildman–Crippen MR) is 98.9 cm³/mol. The number of hydrogen-bond donors (Lipinski definition) is 1. The highest BCUT2D eigenvalue weighted by atomic mass is 16.7. The molecule has 0 saturated carbocycles. The molecule has 0 atom stereocenters. The second-order valence-corrected chi connectivity index (χ2v) is 5.80. The van der Waals surface area contributed by atoms with Gasteiger partial charge in [0, 0.05) is 11.8 Å². The first-order valence-electron chi connectivity index (χ1n) is 8.19. The molecule has 1 aliphatic heterocycles. The van der Waals surface area contributed by atoms with E-state index in [2.05, 4.69) is 5.32 Å². The summed E-state index contributed by atoms with van der Waals surface area (Å²) in [5, 5.41) is 2.89. The summed E-state index contributed by atoms with van der Waals surface area (Å²) in [7, 11) is 1.55. The number of rotatable bonds is 4. The van der Waals surface area contributed by atoms with E-state index in [9.17, 15) is 4.79 Å². The van der Waals surface area contributed by atoms with E-state index in [4.69, 9.17) is 14.2 Å². The van der Waals surface area contributed by atoms with E-state index in [1.165, 1.54) is 0 Å². The maximum atomic E-state index is 12.8. The van der Waals surface area contributed by atoms with Gasteiger partial charge < -0.3 is 19.5 Å². The summed E-state index contributed by atoms with van der Waals surface area (Å²) >= 11 is 0. The number of amides is 1. The van der Waals surface area contributed by atoms with Crippen LogP contribution in [0.4, 0.5) is 5.69 Å². The van der Waals surface area contributed by atoms with Gasteiger partial charge in [-0.2, -0.15) is 0 Å². The lowest BCUT2D eigenvalue weighted by atomic mass is 10.0. The van der Waals surface area contributed by atoms with Gasteiger partial charge in [-0.1, -0.05) is 36.4 Å². The van der Waals surface area contributed by atoms with Crippen molar-refractivity contribution in [3.63, 3.8) is 0 Å². The van der Waals surface area contributed by atoms with Crippen LogP contribution in [0.5, 0.6) is 17.2 Å². The topological polar surface area (TPSA) is 56.8 Å². The van der Waals surface area contributed by atoms with E-state index in [0.717, 1.165) is 11.1 Å². The summed E-state index contributed by atoms with van der Waals surface area (Å²) in [6.45, 7) is 0.194. The Labute approximate surface area is 151 Å². The third-order valence-corrected chi connectivity index (χ3v) is 4.18. The molecule has 5 heteroatoms. The fraction of sp³-hybridized carbons (Fsp3) is 0.0952. The molecule has 0 fully saturated rings. The number of carbonyl (C=O) groups excluding carboxylic acids is 1. The molecule has 1 heterocycles. The van der Waals surface area contributed by atoms with Gasteiger partial charge in [0.05, 0.1) is 12.7 Å². The Kier molecular flexibility index (Phi) is 4.19. The Morgan fingerprint density at radius 1 is 0.923 bits per heavy atom. The van der Waals surface area contributed by atoms with Crippen molar-refractivity contribution >= 4 is 11.6 Å². The van der Waals surface area contributed by atoms with Crippen LogP contribution in [0, 0.1) is 0 Å². The van der Waals surface area contributed by atoms with Gasteiger partial charge in [0.25, 0.3) is 5.91 Å². The highest BCUT2D eigenvalue weighted by Gasteiger charge is 2.17. The standard InChI is InChI=1S/C21H17NO4/c1-24-18-9-7-15(14-5-3-2-4-6-14)11-17(18)21(23)22-16-8-10-19-20(12-16)26-13-25-19/h2-12H,13H2,1H3,(H,22,23). The van der Waals surface area contributed by atoms with Crippen LogP contribution in [-0.2, 0) is 0 Å². The molecule has 4 rings (SSSR count). The van der Waals surface area contributed by atoms with Gasteiger partial charge in [-0.15, -0.1) is 0 Å². The monoisotopic (exact) mass is 347 g/mol. The van der Waals surface area contributed by atoms with E-state index >= 15 is 0 Å². The number of methoxy groups -OCH3 is 1. The molecule has 0 radical (unpaired) electrons. The lowest BCUT2D eigenvalue weighted by Crippen LogP contribution is -2.13. The van der Waals surface area contributed by atoms with Crippen molar-refractivity contribution < 1.29 is 19.0 Å². The van der Waals surface area contributed by atoms with E-state index in [-0.39, 0.29) is 12.7 Å². The molecule has 3 aromatic carbocycles. The third kappa shape index (κ3) is 3.07. The zero-order valence-electron chi connectivity index (χ0n) is 14.2. The summed E-state index contributed by atoms with van der Waals surface area (Å²) in [5.74, 6) is 1.56. The van der Waals surface area contributed by atoms with Crippen LogP contribution < -0.4 is 19.5 Å². The lowest BCUT2D eigenvalue weighted by molar-refractivity contribution is 0.102. The Hall–Kier alpha value is -3.47. The first kappa shape index (κ1) is 16.0. The molecule has 0 aliphatic carbocycles. The van der Waals surface area contributed by atoms with Crippen LogP contribution in [-0.4, -0.2) is 19.8 Å². The first-order chi connectivity index (χ1) is 12.7. The molecule has 0 unspecified atom stereocenters. The van der Waals surface area contributed by atoms with Crippen molar-refractivity contribution in [1.82, 2.24) is 0 Å². The molecular weight excluding hydrogens is 330 g/mol. The Morgan fingerprint density at radius 2 is 1.73 bits per heavy atom. The molecule has 0 aromatic heterocycles. The molecule has 0 bridgehead atoms. The zero-order chi connectivity index (χ0) is 17.9. The van der Waals surface area contributed by atoms with Crippen molar-refractivity contribution in [3.8, 4) is 28.4 Å². The molecule has 5 nitrogen and oxygen atoms in total. The van der Waals surface area contributed by atoms with Crippen molar-refractivity contribution in [3.05, 3.63) is 72.3 Å². The smallest absolute Gasteiger partial charge is 0.259 e. The quantitative estimate of drug-likeness (QED) is 0.763. The van der Waals surface area contributed by atoms with Crippen molar-refractivity contribution in [2.24, 2.45) is 0 Å². The normalized spacial score (nSPS) is 11.9. The van der Waals surface area contributed by atoms with E-state index in [0.29, 0.717) is 28.5 Å². The summed E-state index contributed by atoms with van der Waals surface area (Å²) in [6.07, 6.45) is 0. The number of carbonyl (C=O) groups is 1. The van der Waals surface area contributed by atoms with E-state index < -0.39 is 0 Å². The number of benzene rings is 3. The highest BCUT2D eigenvalue weighted by Crippen LogP contribution is 2.34. The maximum Gasteiger partial charge on any atom is 0.259 e. The number of anilines is 1. The molecule has 0 spiro atoms. The minimum atomic E-state index is -0.251. The fourth-order valence-corrected chi connectivity index (χ4v) is 2.87. The van der Waals surface area contributed by atoms with Crippen LogP contribution in [0.15, 0.2) is 66.7 Å². The zero-order valence-corrected chi connectivity index (χ0v) is 14.2. The highest BCUT2D eigenvalue weighted by molar-refractivity contribution is 6.07. The summed E-state index contributed by atoms with van der Waals surface area (Å²) in [4.78, 5) is 12.8. The Morgan fingerprint density at radius 3 is 2.54 bits per heavy atom. The summed E-state index contributed by atoms with van der Waals surface area (Å²) in [6, 6.07) is 20.8. The number of nitrogens with one attached hydrogen (secondary N) is 1. The predicted octanol–water partition coefficient (Wildman–Crippen LogP) is 4.34. The van der Waals surface area contributed by atoms with Crippen molar-refractivity contribution in [2.45, 2.75) is 0 Å². The van der Waals surface area contributed by atoms with Gasteiger partial charge in [-0.3, -0.25) is 4.79 Å². The summed E-state index contributed by atoms with van der Waals surface area (Å²) < 4.78 is 16.0. The van der Waals surface area contributed by atoms with Gasteiger partial charge in [0.1, 0.15) is 5.75 Å². The van der Waals surface area contributed by atoms with Crippen molar-refractivity contribution in [2.75, 3.05) is 19.2 Å². The molecule has 26 heavy (non-hydrogen) atoms.